The third-order valence-corrected chi connectivity index (χ3v) is 5.05. The van der Waals surface area contributed by atoms with E-state index in [0.29, 0.717) is 12.1 Å². The van der Waals surface area contributed by atoms with E-state index in [1.807, 2.05) is 68.4 Å². The molecule has 0 aliphatic carbocycles. The summed E-state index contributed by atoms with van der Waals surface area (Å²) in [6.07, 6.45) is 0.545. The van der Waals surface area contributed by atoms with E-state index in [9.17, 15) is 9.59 Å². The minimum atomic E-state index is -0.689. The molecule has 0 aliphatic heterocycles. The second-order valence-electron chi connectivity index (χ2n) is 6.49. The van der Waals surface area contributed by atoms with Crippen LogP contribution in [0.25, 0.3) is 0 Å². The summed E-state index contributed by atoms with van der Waals surface area (Å²) in [7, 11) is 0. The van der Waals surface area contributed by atoms with Crippen LogP contribution in [0.15, 0.2) is 70.5 Å². The predicted molar refractivity (Wildman–Crippen MR) is 110 cm³/mol. The summed E-state index contributed by atoms with van der Waals surface area (Å²) in [5.74, 6) is -1.36. The number of carbonyl (C=O) groups excluding carboxylic acids is 2. The number of hydrogen-bond donors (Lipinski definition) is 3. The topological polar surface area (TPSA) is 86.9 Å². The molecule has 0 bridgehead atoms. The Morgan fingerprint density at radius 2 is 1.79 bits per heavy atom. The van der Waals surface area contributed by atoms with E-state index >= 15 is 0 Å². The molecule has 0 saturated heterocycles. The van der Waals surface area contributed by atoms with E-state index in [1.54, 1.807) is 6.07 Å². The number of nitrogens with one attached hydrogen (secondary N) is 3. The van der Waals surface area contributed by atoms with E-state index in [-0.39, 0.29) is 6.04 Å². The van der Waals surface area contributed by atoms with Gasteiger partial charge in [0.2, 0.25) is 0 Å². The number of benzene rings is 2. The van der Waals surface area contributed by atoms with Crippen molar-refractivity contribution in [2.75, 3.05) is 5.32 Å². The maximum atomic E-state index is 12.4. The lowest BCUT2D eigenvalue weighted by Crippen LogP contribution is -2.41. The van der Waals surface area contributed by atoms with Gasteiger partial charge in [-0.25, -0.2) is 0 Å². The van der Waals surface area contributed by atoms with Crippen molar-refractivity contribution in [3.63, 3.8) is 0 Å². The van der Waals surface area contributed by atoms with Crippen LogP contribution in [-0.2, 0) is 16.0 Å². The highest BCUT2D eigenvalue weighted by molar-refractivity contribution is 7.99. The van der Waals surface area contributed by atoms with Crippen molar-refractivity contribution in [1.82, 2.24) is 15.5 Å². The number of anilines is 1. The molecule has 3 N–H and O–H groups in total. The Balaban J connectivity index is 1.60. The van der Waals surface area contributed by atoms with Crippen molar-refractivity contribution in [2.24, 2.45) is 0 Å². The predicted octanol–water partition coefficient (Wildman–Crippen LogP) is 3.56. The quantitative estimate of drug-likeness (QED) is 0.558. The third-order valence-electron chi connectivity index (χ3n) is 3.96. The highest BCUT2D eigenvalue weighted by Gasteiger charge is 2.18. The van der Waals surface area contributed by atoms with Crippen molar-refractivity contribution < 1.29 is 9.59 Å². The molecule has 0 aliphatic rings. The molecule has 0 radical (unpaired) electrons. The summed E-state index contributed by atoms with van der Waals surface area (Å²) in [5.41, 5.74) is 2.40. The Labute approximate surface area is 168 Å². The van der Waals surface area contributed by atoms with Crippen LogP contribution in [0.2, 0.25) is 0 Å². The molecule has 1 unspecified atom stereocenters. The molecular weight excluding hydrogens is 372 g/mol. The number of aromatic nitrogens is 2. The number of rotatable bonds is 6. The first-order chi connectivity index (χ1) is 13.5. The fraction of sp³-hybridized carbons (Fsp3) is 0.190. The van der Waals surface area contributed by atoms with Crippen LogP contribution in [0.5, 0.6) is 0 Å². The van der Waals surface area contributed by atoms with Crippen LogP contribution >= 0.6 is 11.8 Å². The van der Waals surface area contributed by atoms with Gasteiger partial charge in [-0.2, -0.15) is 5.10 Å². The molecular formula is C21H22N4O2S. The van der Waals surface area contributed by atoms with Crippen molar-refractivity contribution >= 4 is 29.3 Å². The smallest absolute Gasteiger partial charge is 0.313 e. The lowest BCUT2D eigenvalue weighted by atomic mass is 10.2. The summed E-state index contributed by atoms with van der Waals surface area (Å²) in [6.45, 7) is 3.76. The van der Waals surface area contributed by atoms with Crippen molar-refractivity contribution in [3.05, 3.63) is 72.1 Å². The summed E-state index contributed by atoms with van der Waals surface area (Å²) >= 11 is 1.53. The maximum Gasteiger partial charge on any atom is 0.313 e. The van der Waals surface area contributed by atoms with E-state index in [4.69, 9.17) is 0 Å². The molecule has 3 rings (SSSR count). The first-order valence-corrected chi connectivity index (χ1v) is 9.77. The SMILES string of the molecule is Cc1cc(CC(C)NC(=O)C(=O)Nc2ccccc2Sc2ccccc2)n[nH]1. The fourth-order valence-electron chi connectivity index (χ4n) is 2.69. The zero-order chi connectivity index (χ0) is 19.9. The number of para-hydroxylation sites is 1. The fourth-order valence-corrected chi connectivity index (χ4v) is 3.61. The number of H-pyrrole nitrogens is 1. The molecule has 2 amide bonds. The zero-order valence-electron chi connectivity index (χ0n) is 15.7. The van der Waals surface area contributed by atoms with Crippen LogP contribution in [0.4, 0.5) is 5.69 Å². The molecule has 28 heavy (non-hydrogen) atoms. The maximum absolute atomic E-state index is 12.4. The van der Waals surface area contributed by atoms with Gasteiger partial charge in [0.25, 0.3) is 0 Å². The van der Waals surface area contributed by atoms with E-state index < -0.39 is 11.8 Å². The minimum absolute atomic E-state index is 0.213. The van der Waals surface area contributed by atoms with Gasteiger partial charge >= 0.3 is 11.8 Å². The molecule has 7 heteroatoms. The second-order valence-corrected chi connectivity index (χ2v) is 7.60. The van der Waals surface area contributed by atoms with Crippen LogP contribution < -0.4 is 10.6 Å². The third kappa shape index (κ3) is 5.47. The van der Waals surface area contributed by atoms with Crippen molar-refractivity contribution in [3.8, 4) is 0 Å². The minimum Gasteiger partial charge on any atom is -0.345 e. The van der Waals surface area contributed by atoms with Gasteiger partial charge in [-0.15, -0.1) is 0 Å². The lowest BCUT2D eigenvalue weighted by molar-refractivity contribution is -0.136. The average Bonchev–Trinajstić information content (AvgIpc) is 3.08. The van der Waals surface area contributed by atoms with Gasteiger partial charge in [0, 0.05) is 27.9 Å². The molecule has 6 nitrogen and oxygen atoms in total. The summed E-state index contributed by atoms with van der Waals surface area (Å²) in [5, 5.41) is 12.4. The monoisotopic (exact) mass is 394 g/mol. The lowest BCUT2D eigenvalue weighted by Gasteiger charge is -2.14. The molecule has 1 atom stereocenters. The van der Waals surface area contributed by atoms with Gasteiger partial charge in [0.15, 0.2) is 0 Å². The number of aryl methyl sites for hydroxylation is 1. The standard InChI is InChI=1S/C21H22N4O2S/c1-14(12-16-13-15(2)24-25-16)22-20(26)21(27)23-18-10-6-7-11-19(18)28-17-8-4-3-5-9-17/h3-11,13-14H,12H2,1-2H3,(H,22,26)(H,23,27)(H,24,25). The average molecular weight is 395 g/mol. The summed E-state index contributed by atoms with van der Waals surface area (Å²) in [6, 6.07) is 19.0. The molecule has 0 fully saturated rings. The normalized spacial score (nSPS) is 11.6. The van der Waals surface area contributed by atoms with Gasteiger partial charge in [-0.05, 0) is 44.2 Å². The van der Waals surface area contributed by atoms with Crippen molar-refractivity contribution in [2.45, 2.75) is 36.1 Å². The number of nitrogens with zero attached hydrogens (tertiary/aromatic N) is 1. The van der Waals surface area contributed by atoms with Gasteiger partial charge in [0.1, 0.15) is 0 Å². The van der Waals surface area contributed by atoms with Gasteiger partial charge in [-0.1, -0.05) is 42.1 Å². The number of aromatic amines is 1. The van der Waals surface area contributed by atoms with E-state index in [2.05, 4.69) is 20.8 Å². The Morgan fingerprint density at radius 1 is 1.07 bits per heavy atom. The number of hydrogen-bond acceptors (Lipinski definition) is 4. The van der Waals surface area contributed by atoms with Crippen LogP contribution in [0.1, 0.15) is 18.3 Å². The molecule has 3 aromatic rings. The molecule has 2 aromatic carbocycles. The largest absolute Gasteiger partial charge is 0.345 e. The highest BCUT2D eigenvalue weighted by atomic mass is 32.2. The van der Waals surface area contributed by atoms with Crippen LogP contribution in [0, 0.1) is 6.92 Å². The molecule has 0 spiro atoms. The second kappa shape index (κ2) is 9.23. The van der Waals surface area contributed by atoms with Crippen LogP contribution in [-0.4, -0.2) is 28.1 Å². The van der Waals surface area contributed by atoms with Crippen molar-refractivity contribution in [1.29, 1.82) is 0 Å². The van der Waals surface area contributed by atoms with E-state index in [1.165, 1.54) is 11.8 Å². The van der Waals surface area contributed by atoms with Gasteiger partial charge in [-0.3, -0.25) is 14.7 Å². The molecule has 0 saturated carbocycles. The van der Waals surface area contributed by atoms with E-state index in [0.717, 1.165) is 21.2 Å². The number of carbonyl (C=O) groups is 2. The van der Waals surface area contributed by atoms with Crippen LogP contribution in [0.3, 0.4) is 0 Å². The molecule has 1 aromatic heterocycles. The summed E-state index contributed by atoms with van der Waals surface area (Å²) < 4.78 is 0. The first kappa shape index (κ1) is 19.7. The van der Waals surface area contributed by atoms with Gasteiger partial charge < -0.3 is 10.6 Å². The Kier molecular flexibility index (Phi) is 6.49. The molecule has 144 valence electrons. The molecule has 1 heterocycles. The van der Waals surface area contributed by atoms with Gasteiger partial charge in [0.05, 0.1) is 11.4 Å². The highest BCUT2D eigenvalue weighted by Crippen LogP contribution is 2.33. The first-order valence-electron chi connectivity index (χ1n) is 8.96. The summed E-state index contributed by atoms with van der Waals surface area (Å²) in [4.78, 5) is 26.5. The Bertz CT molecular complexity index is 956. The Morgan fingerprint density at radius 3 is 2.50 bits per heavy atom. The Hall–Kier alpha value is -3.06. The number of amides is 2. The zero-order valence-corrected chi connectivity index (χ0v) is 16.5.